The Morgan fingerprint density at radius 3 is 3.00 bits per heavy atom. The summed E-state index contributed by atoms with van der Waals surface area (Å²) in [6.07, 6.45) is 1.81. The number of nitrogens with zero attached hydrogens (tertiary/aromatic N) is 1. The van der Waals surface area contributed by atoms with E-state index in [2.05, 4.69) is 32.4 Å². The average Bonchev–Trinajstić information content (AvgIpc) is 2.69. The number of rotatable bonds is 1. The van der Waals surface area contributed by atoms with Crippen molar-refractivity contribution in [2.75, 3.05) is 6.54 Å². The second-order valence-corrected chi connectivity index (χ2v) is 4.94. The summed E-state index contributed by atoms with van der Waals surface area (Å²) in [5.74, 6) is -0.000460. The summed E-state index contributed by atoms with van der Waals surface area (Å²) in [7, 11) is 0. The topological polar surface area (TPSA) is 34.0 Å². The largest absolute Gasteiger partial charge is 0.349 e. The quantitative estimate of drug-likeness (QED) is 0.861. The predicted octanol–water partition coefficient (Wildman–Crippen LogP) is 2.79. The fourth-order valence-electron chi connectivity index (χ4n) is 2.29. The molecule has 3 nitrogen and oxygen atoms in total. The molecule has 0 unspecified atom stereocenters. The number of amides is 1. The van der Waals surface area contributed by atoms with E-state index in [9.17, 15) is 4.79 Å². The molecule has 1 aromatic carbocycles. The Labute approximate surface area is 107 Å². The van der Waals surface area contributed by atoms with Crippen molar-refractivity contribution in [3.63, 3.8) is 0 Å². The van der Waals surface area contributed by atoms with Gasteiger partial charge >= 0.3 is 0 Å². The lowest BCUT2D eigenvalue weighted by atomic mass is 10.1. The smallest absolute Gasteiger partial charge is 0.268 e. The maximum absolute atomic E-state index is 11.8. The molecule has 3 rings (SSSR count). The minimum Gasteiger partial charge on any atom is -0.349 e. The highest BCUT2D eigenvalue weighted by atomic mass is 79.9. The summed E-state index contributed by atoms with van der Waals surface area (Å²) in [6, 6.07) is 6.00. The van der Waals surface area contributed by atoms with Gasteiger partial charge in [0.05, 0.1) is 5.52 Å². The molecule has 4 heteroatoms. The van der Waals surface area contributed by atoms with Gasteiger partial charge in [-0.2, -0.15) is 0 Å². The Kier molecular flexibility index (Phi) is 2.33. The van der Waals surface area contributed by atoms with Crippen molar-refractivity contribution in [2.45, 2.75) is 6.54 Å². The summed E-state index contributed by atoms with van der Waals surface area (Å²) in [5.41, 5.74) is 2.86. The van der Waals surface area contributed by atoms with Crippen molar-refractivity contribution in [1.29, 1.82) is 0 Å². The van der Waals surface area contributed by atoms with Gasteiger partial charge in [-0.3, -0.25) is 4.79 Å². The Balaban J connectivity index is 2.37. The van der Waals surface area contributed by atoms with Crippen LogP contribution >= 0.6 is 15.9 Å². The molecule has 0 fully saturated rings. The normalized spacial score (nSPS) is 14.5. The molecular formula is C13H11BrN2O. The molecule has 1 N–H and O–H groups in total. The standard InChI is InChI=1S/C13H11BrN2O/c1-2-8-5-9-7-11-13(17)15-3-4-16(11)12(9)10(14)6-8/h2,5-7H,1,3-4H2,(H,15,17). The number of hydrogen-bond donors (Lipinski definition) is 1. The van der Waals surface area contributed by atoms with Gasteiger partial charge in [0.15, 0.2) is 0 Å². The molecular weight excluding hydrogens is 280 g/mol. The number of halogens is 1. The van der Waals surface area contributed by atoms with Crippen molar-refractivity contribution in [3.05, 3.63) is 40.5 Å². The van der Waals surface area contributed by atoms with E-state index in [-0.39, 0.29) is 5.91 Å². The first-order chi connectivity index (χ1) is 8.20. The molecule has 1 aromatic heterocycles. The first kappa shape index (κ1) is 10.6. The number of hydrogen-bond acceptors (Lipinski definition) is 1. The fourth-order valence-corrected chi connectivity index (χ4v) is 3.00. The van der Waals surface area contributed by atoms with Crippen molar-refractivity contribution in [3.8, 4) is 0 Å². The van der Waals surface area contributed by atoms with Crippen molar-refractivity contribution in [1.82, 2.24) is 9.88 Å². The number of aromatic nitrogens is 1. The minimum absolute atomic E-state index is 0.000460. The third-order valence-corrected chi connectivity index (χ3v) is 3.66. The molecule has 0 saturated carbocycles. The molecule has 1 amide bonds. The molecule has 0 saturated heterocycles. The highest BCUT2D eigenvalue weighted by Crippen LogP contribution is 2.30. The second kappa shape index (κ2) is 3.74. The monoisotopic (exact) mass is 290 g/mol. The van der Waals surface area contributed by atoms with E-state index in [1.54, 1.807) is 6.08 Å². The average molecular weight is 291 g/mol. The second-order valence-electron chi connectivity index (χ2n) is 4.08. The third kappa shape index (κ3) is 1.52. The fraction of sp³-hybridized carbons (Fsp3) is 0.154. The SMILES string of the molecule is C=Cc1cc(Br)c2c(c1)cc1n2CCNC1=O. The summed E-state index contributed by atoms with van der Waals surface area (Å²) < 4.78 is 3.07. The van der Waals surface area contributed by atoms with E-state index in [1.807, 2.05) is 18.2 Å². The van der Waals surface area contributed by atoms with Crippen LogP contribution in [-0.2, 0) is 6.54 Å². The first-order valence-electron chi connectivity index (χ1n) is 5.44. The van der Waals surface area contributed by atoms with E-state index in [1.165, 1.54) is 0 Å². The lowest BCUT2D eigenvalue weighted by molar-refractivity contribution is 0.0929. The zero-order chi connectivity index (χ0) is 12.0. The molecule has 0 bridgehead atoms. The number of nitrogens with one attached hydrogen (secondary N) is 1. The number of carbonyl (C=O) groups excluding carboxylic acids is 1. The van der Waals surface area contributed by atoms with Crippen molar-refractivity contribution >= 4 is 38.8 Å². The van der Waals surface area contributed by atoms with Crippen LogP contribution in [0, 0.1) is 0 Å². The number of carbonyl (C=O) groups is 1. The highest BCUT2D eigenvalue weighted by molar-refractivity contribution is 9.10. The van der Waals surface area contributed by atoms with Crippen molar-refractivity contribution in [2.24, 2.45) is 0 Å². The maximum atomic E-state index is 11.8. The molecule has 2 heterocycles. The summed E-state index contributed by atoms with van der Waals surface area (Å²) >= 11 is 3.57. The van der Waals surface area contributed by atoms with E-state index >= 15 is 0 Å². The van der Waals surface area contributed by atoms with Gasteiger partial charge in [0.2, 0.25) is 0 Å². The molecule has 0 aliphatic carbocycles. The predicted molar refractivity (Wildman–Crippen MR) is 72.1 cm³/mol. The van der Waals surface area contributed by atoms with Crippen LogP contribution < -0.4 is 5.32 Å². The lowest BCUT2D eigenvalue weighted by Gasteiger charge is -2.17. The zero-order valence-corrected chi connectivity index (χ0v) is 10.8. The molecule has 0 radical (unpaired) electrons. The van der Waals surface area contributed by atoms with Crippen LogP contribution in [-0.4, -0.2) is 17.0 Å². The molecule has 17 heavy (non-hydrogen) atoms. The molecule has 2 aromatic rings. The molecule has 0 spiro atoms. The third-order valence-electron chi connectivity index (χ3n) is 3.06. The van der Waals surface area contributed by atoms with Gasteiger partial charge in [0.1, 0.15) is 5.69 Å². The minimum atomic E-state index is -0.000460. The first-order valence-corrected chi connectivity index (χ1v) is 6.23. The lowest BCUT2D eigenvalue weighted by Crippen LogP contribution is -2.34. The van der Waals surface area contributed by atoms with Gasteiger partial charge in [-0.25, -0.2) is 0 Å². The van der Waals surface area contributed by atoms with E-state index in [0.717, 1.165) is 33.2 Å². The van der Waals surface area contributed by atoms with Gasteiger partial charge in [0, 0.05) is 22.9 Å². The van der Waals surface area contributed by atoms with Crippen LogP contribution in [0.5, 0.6) is 0 Å². The Hall–Kier alpha value is -1.55. The Morgan fingerprint density at radius 1 is 1.41 bits per heavy atom. The highest BCUT2D eigenvalue weighted by Gasteiger charge is 2.20. The molecule has 86 valence electrons. The zero-order valence-electron chi connectivity index (χ0n) is 9.16. The van der Waals surface area contributed by atoms with E-state index in [4.69, 9.17) is 0 Å². The Morgan fingerprint density at radius 2 is 2.24 bits per heavy atom. The van der Waals surface area contributed by atoms with Gasteiger partial charge in [-0.1, -0.05) is 12.7 Å². The molecule has 0 atom stereocenters. The molecule has 1 aliphatic rings. The van der Waals surface area contributed by atoms with Crippen molar-refractivity contribution < 1.29 is 4.79 Å². The summed E-state index contributed by atoms with van der Waals surface area (Å²) in [4.78, 5) is 11.8. The van der Waals surface area contributed by atoms with Gasteiger partial charge in [-0.15, -0.1) is 0 Å². The number of fused-ring (bicyclic) bond motifs is 3. The maximum Gasteiger partial charge on any atom is 0.268 e. The number of benzene rings is 1. The summed E-state index contributed by atoms with van der Waals surface area (Å²) in [6.45, 7) is 5.27. The van der Waals surface area contributed by atoms with Crippen LogP contribution in [0.1, 0.15) is 16.1 Å². The van der Waals surface area contributed by atoms with Gasteiger partial charge in [0.25, 0.3) is 5.91 Å². The van der Waals surface area contributed by atoms with Crippen LogP contribution in [0.3, 0.4) is 0 Å². The van der Waals surface area contributed by atoms with Crippen LogP contribution in [0.2, 0.25) is 0 Å². The van der Waals surface area contributed by atoms with Crippen LogP contribution in [0.4, 0.5) is 0 Å². The summed E-state index contributed by atoms with van der Waals surface area (Å²) in [5, 5.41) is 3.92. The van der Waals surface area contributed by atoms with E-state index < -0.39 is 0 Å². The van der Waals surface area contributed by atoms with Gasteiger partial charge in [-0.05, 0) is 39.7 Å². The Bertz CT molecular complexity index is 642. The van der Waals surface area contributed by atoms with Crippen LogP contribution in [0.25, 0.3) is 17.0 Å². The van der Waals surface area contributed by atoms with Crippen LogP contribution in [0.15, 0.2) is 29.3 Å². The van der Waals surface area contributed by atoms with Gasteiger partial charge < -0.3 is 9.88 Å². The van der Waals surface area contributed by atoms with E-state index in [0.29, 0.717) is 6.54 Å². The molecule has 1 aliphatic heterocycles.